The number of nitrogens with two attached hydrogens (primary N) is 1. The average molecular weight is 518 g/mol. The first-order valence-corrected chi connectivity index (χ1v) is 13.0. The van der Waals surface area contributed by atoms with Crippen molar-refractivity contribution < 1.29 is 22.8 Å². The second kappa shape index (κ2) is 9.67. The maximum absolute atomic E-state index is 13.3. The van der Waals surface area contributed by atoms with Crippen molar-refractivity contribution in [2.75, 3.05) is 11.4 Å². The Morgan fingerprint density at radius 3 is 2.47 bits per heavy atom. The molecule has 3 amide bonds. The van der Waals surface area contributed by atoms with Crippen LogP contribution in [0.3, 0.4) is 0 Å². The van der Waals surface area contributed by atoms with Crippen LogP contribution in [0.1, 0.15) is 21.7 Å². The Bertz CT molecular complexity index is 1340. The molecule has 11 heteroatoms. The molecule has 0 bridgehead atoms. The van der Waals surface area contributed by atoms with Crippen LogP contribution in [0.4, 0.5) is 5.69 Å². The van der Waals surface area contributed by atoms with Crippen LogP contribution in [0, 0.1) is 0 Å². The zero-order valence-electron chi connectivity index (χ0n) is 17.8. The van der Waals surface area contributed by atoms with E-state index in [1.54, 1.807) is 35.7 Å². The minimum Gasteiger partial charge on any atom is -0.325 e. The fraction of sp³-hybridized carbons (Fsp3) is 0.174. The molecule has 1 aliphatic rings. The van der Waals surface area contributed by atoms with Crippen LogP contribution in [0.25, 0.3) is 0 Å². The lowest BCUT2D eigenvalue weighted by Crippen LogP contribution is -2.46. The van der Waals surface area contributed by atoms with E-state index in [4.69, 9.17) is 16.7 Å². The Morgan fingerprint density at radius 2 is 1.85 bits per heavy atom. The van der Waals surface area contributed by atoms with Crippen LogP contribution in [0.2, 0.25) is 5.02 Å². The highest BCUT2D eigenvalue weighted by atomic mass is 35.5. The fourth-order valence-corrected chi connectivity index (χ4v) is 5.21. The van der Waals surface area contributed by atoms with Crippen LogP contribution < -0.4 is 10.0 Å². The summed E-state index contributed by atoms with van der Waals surface area (Å²) in [4.78, 5) is 42.2. The number of anilines is 1. The maximum Gasteiger partial charge on any atom is 0.264 e. The number of nitrogens with zero attached hydrogens (tertiary/aromatic N) is 2. The summed E-state index contributed by atoms with van der Waals surface area (Å²) in [6.45, 7) is 0.207. The first-order valence-electron chi connectivity index (χ1n) is 10.2. The van der Waals surface area contributed by atoms with E-state index in [1.807, 2.05) is 6.07 Å². The number of benzene rings is 2. The average Bonchev–Trinajstić information content (AvgIpc) is 3.42. The number of carbonyl (C=O) groups excluding carboxylic acids is 3. The molecule has 34 heavy (non-hydrogen) atoms. The lowest BCUT2D eigenvalue weighted by molar-refractivity contribution is -0.122. The standard InChI is InChI=1S/C23H20ClN3O5S2/c24-16-4-1-3-15(13-16)10-11-26(23(30)20-5-2-12-33-20)19-14-21(28)27(22(19)29)17-6-8-18(9-7-17)34(25,31)32/h1-9,12-13,19H,10-11,14H2,(H2,25,31,32). The van der Waals surface area contributed by atoms with Gasteiger partial charge in [-0.3, -0.25) is 14.4 Å². The predicted molar refractivity (Wildman–Crippen MR) is 129 cm³/mol. The van der Waals surface area contributed by atoms with Gasteiger partial charge in [0.2, 0.25) is 15.9 Å². The van der Waals surface area contributed by atoms with E-state index in [-0.39, 0.29) is 29.5 Å². The van der Waals surface area contributed by atoms with Crippen LogP contribution in [0.15, 0.2) is 70.9 Å². The van der Waals surface area contributed by atoms with Gasteiger partial charge in [-0.15, -0.1) is 11.3 Å². The number of hydrogen-bond acceptors (Lipinski definition) is 6. The monoisotopic (exact) mass is 517 g/mol. The third-order valence-corrected chi connectivity index (χ3v) is 7.47. The van der Waals surface area contributed by atoms with Crippen molar-refractivity contribution in [1.29, 1.82) is 0 Å². The van der Waals surface area contributed by atoms with Gasteiger partial charge in [0, 0.05) is 11.6 Å². The number of carbonyl (C=O) groups is 3. The Balaban J connectivity index is 1.61. The molecule has 4 rings (SSSR count). The van der Waals surface area contributed by atoms with E-state index >= 15 is 0 Å². The van der Waals surface area contributed by atoms with Gasteiger partial charge in [-0.25, -0.2) is 18.5 Å². The summed E-state index contributed by atoms with van der Waals surface area (Å²) < 4.78 is 23.0. The highest BCUT2D eigenvalue weighted by Gasteiger charge is 2.44. The van der Waals surface area contributed by atoms with Gasteiger partial charge in [-0.2, -0.15) is 0 Å². The molecule has 0 aliphatic carbocycles. The van der Waals surface area contributed by atoms with Crippen molar-refractivity contribution >= 4 is 56.4 Å². The normalized spacial score (nSPS) is 16.2. The Labute approximate surface area is 205 Å². The Hall–Kier alpha value is -3.05. The van der Waals surface area contributed by atoms with Crippen LogP contribution >= 0.6 is 22.9 Å². The summed E-state index contributed by atoms with van der Waals surface area (Å²) >= 11 is 7.32. The van der Waals surface area contributed by atoms with Crippen molar-refractivity contribution in [1.82, 2.24) is 4.90 Å². The summed E-state index contributed by atoms with van der Waals surface area (Å²) in [5.41, 5.74) is 1.10. The zero-order chi connectivity index (χ0) is 24.5. The Morgan fingerprint density at radius 1 is 1.12 bits per heavy atom. The quantitative estimate of drug-likeness (QED) is 0.483. The van der Waals surface area contributed by atoms with E-state index in [0.29, 0.717) is 16.3 Å². The van der Waals surface area contributed by atoms with Gasteiger partial charge < -0.3 is 4.90 Å². The topological polar surface area (TPSA) is 118 Å². The molecule has 2 aromatic carbocycles. The van der Waals surface area contributed by atoms with Crippen molar-refractivity contribution in [2.45, 2.75) is 23.8 Å². The molecule has 0 spiro atoms. The van der Waals surface area contributed by atoms with Gasteiger partial charge in [0.1, 0.15) is 6.04 Å². The summed E-state index contributed by atoms with van der Waals surface area (Å²) in [6.07, 6.45) is 0.265. The van der Waals surface area contributed by atoms with Gasteiger partial charge in [0.25, 0.3) is 11.8 Å². The lowest BCUT2D eigenvalue weighted by Gasteiger charge is -2.27. The minimum atomic E-state index is -3.92. The zero-order valence-corrected chi connectivity index (χ0v) is 20.1. The number of sulfonamides is 1. The number of rotatable bonds is 7. The molecule has 1 aliphatic heterocycles. The smallest absolute Gasteiger partial charge is 0.264 e. The molecular formula is C23H20ClN3O5S2. The molecule has 1 unspecified atom stereocenters. The van der Waals surface area contributed by atoms with Crippen LogP contribution in [-0.4, -0.2) is 43.6 Å². The van der Waals surface area contributed by atoms with Crippen molar-refractivity contribution in [3.05, 3.63) is 81.5 Å². The summed E-state index contributed by atoms with van der Waals surface area (Å²) in [7, 11) is -3.92. The number of halogens is 1. The predicted octanol–water partition coefficient (Wildman–Crippen LogP) is 3.07. The third-order valence-electron chi connectivity index (χ3n) is 5.45. The second-order valence-electron chi connectivity index (χ2n) is 7.68. The molecule has 0 radical (unpaired) electrons. The molecule has 3 aromatic rings. The first kappa shape index (κ1) is 24.1. The SMILES string of the molecule is NS(=O)(=O)c1ccc(N2C(=O)CC(N(CCc3cccc(Cl)c3)C(=O)c3cccs3)C2=O)cc1. The summed E-state index contributed by atoms with van der Waals surface area (Å²) in [5.74, 6) is -1.37. The number of thiophene rings is 1. The number of amides is 3. The van der Waals surface area contributed by atoms with Crippen LogP contribution in [0.5, 0.6) is 0 Å². The van der Waals surface area contributed by atoms with Crippen LogP contribution in [-0.2, 0) is 26.0 Å². The molecule has 2 heterocycles. The fourth-order valence-electron chi connectivity index (χ4n) is 3.80. The van der Waals surface area contributed by atoms with Crippen molar-refractivity contribution in [3.63, 3.8) is 0 Å². The molecule has 1 saturated heterocycles. The van der Waals surface area contributed by atoms with Gasteiger partial charge in [0.15, 0.2) is 0 Å². The highest BCUT2D eigenvalue weighted by molar-refractivity contribution is 7.89. The number of imide groups is 1. The molecule has 1 fully saturated rings. The van der Waals surface area contributed by atoms with Crippen molar-refractivity contribution in [2.24, 2.45) is 5.14 Å². The molecular weight excluding hydrogens is 498 g/mol. The lowest BCUT2D eigenvalue weighted by atomic mass is 10.1. The number of primary sulfonamides is 1. The maximum atomic E-state index is 13.3. The summed E-state index contributed by atoms with van der Waals surface area (Å²) in [6, 6.07) is 14.8. The van der Waals surface area contributed by atoms with Gasteiger partial charge in [-0.05, 0) is 59.8 Å². The molecule has 1 atom stereocenters. The summed E-state index contributed by atoms with van der Waals surface area (Å²) in [5, 5.41) is 7.45. The Kier molecular flexibility index (Phi) is 6.85. The van der Waals surface area contributed by atoms with Gasteiger partial charge in [-0.1, -0.05) is 29.8 Å². The van der Waals surface area contributed by atoms with E-state index in [1.165, 1.54) is 40.5 Å². The van der Waals surface area contributed by atoms with E-state index in [2.05, 4.69) is 0 Å². The third kappa shape index (κ3) is 5.05. The minimum absolute atomic E-state index is 0.136. The molecule has 8 nitrogen and oxygen atoms in total. The largest absolute Gasteiger partial charge is 0.325 e. The molecule has 176 valence electrons. The van der Waals surface area contributed by atoms with E-state index in [9.17, 15) is 22.8 Å². The number of hydrogen-bond donors (Lipinski definition) is 1. The molecule has 2 N–H and O–H groups in total. The second-order valence-corrected chi connectivity index (χ2v) is 10.6. The first-order chi connectivity index (χ1) is 16.1. The van der Waals surface area contributed by atoms with E-state index in [0.717, 1.165) is 10.5 Å². The van der Waals surface area contributed by atoms with Crippen molar-refractivity contribution in [3.8, 4) is 0 Å². The molecule has 0 saturated carbocycles. The highest BCUT2D eigenvalue weighted by Crippen LogP contribution is 2.28. The van der Waals surface area contributed by atoms with Gasteiger partial charge >= 0.3 is 0 Å². The molecule has 1 aromatic heterocycles. The van der Waals surface area contributed by atoms with E-state index < -0.39 is 27.9 Å². The van der Waals surface area contributed by atoms with Gasteiger partial charge in [0.05, 0.1) is 21.9 Å².